The van der Waals surface area contributed by atoms with Gasteiger partial charge in [-0.3, -0.25) is 9.59 Å². The fourth-order valence-electron chi connectivity index (χ4n) is 5.77. The number of benzene rings is 2. The van der Waals surface area contributed by atoms with Crippen LogP contribution >= 0.6 is 0 Å². The number of nitrogens with zero attached hydrogens (tertiary/aromatic N) is 4. The molecular formula is C32H39N5O4. The molecule has 0 radical (unpaired) electrons. The Morgan fingerprint density at radius 3 is 2.51 bits per heavy atom. The number of H-pyrrole nitrogens is 1. The number of aromatic amines is 1. The highest BCUT2D eigenvalue weighted by Crippen LogP contribution is 2.36. The summed E-state index contributed by atoms with van der Waals surface area (Å²) in [4.78, 5) is 40.7. The van der Waals surface area contributed by atoms with Crippen molar-refractivity contribution >= 4 is 39.4 Å². The van der Waals surface area contributed by atoms with Crippen molar-refractivity contribution in [3.05, 3.63) is 58.8 Å². The van der Waals surface area contributed by atoms with E-state index >= 15 is 0 Å². The Labute approximate surface area is 241 Å². The van der Waals surface area contributed by atoms with Crippen LogP contribution in [0.1, 0.15) is 46.4 Å². The molecule has 0 bridgehead atoms. The van der Waals surface area contributed by atoms with Gasteiger partial charge in [0.15, 0.2) is 0 Å². The number of methoxy groups -OCH3 is 2. The number of fused-ring (bicyclic) bond motifs is 2. The van der Waals surface area contributed by atoms with Crippen LogP contribution < -0.4 is 14.4 Å². The lowest BCUT2D eigenvalue weighted by atomic mass is 10.1. The maximum Gasteiger partial charge on any atom is 0.256 e. The van der Waals surface area contributed by atoms with E-state index in [1.54, 1.807) is 14.2 Å². The Morgan fingerprint density at radius 1 is 1.07 bits per heavy atom. The van der Waals surface area contributed by atoms with Crippen molar-refractivity contribution in [1.82, 2.24) is 19.8 Å². The third-order valence-corrected chi connectivity index (χ3v) is 8.08. The van der Waals surface area contributed by atoms with Gasteiger partial charge in [0.05, 0.1) is 25.3 Å². The quantitative estimate of drug-likeness (QED) is 0.293. The molecule has 216 valence electrons. The molecule has 1 fully saturated rings. The summed E-state index contributed by atoms with van der Waals surface area (Å²) in [6, 6.07) is 11.6. The molecule has 1 aliphatic heterocycles. The number of amides is 2. The molecule has 0 atom stereocenters. The van der Waals surface area contributed by atoms with Gasteiger partial charge in [-0.2, -0.15) is 0 Å². The zero-order valence-corrected chi connectivity index (χ0v) is 24.8. The number of aromatic nitrogens is 2. The van der Waals surface area contributed by atoms with Crippen molar-refractivity contribution in [2.24, 2.45) is 0 Å². The lowest BCUT2D eigenvalue weighted by molar-refractivity contribution is -0.127. The summed E-state index contributed by atoms with van der Waals surface area (Å²) in [5.41, 5.74) is 5.27. The monoisotopic (exact) mass is 557 g/mol. The molecule has 0 aliphatic carbocycles. The Bertz CT molecular complexity index is 1610. The molecule has 0 spiro atoms. The minimum atomic E-state index is -0.0630. The molecule has 0 saturated carbocycles. The Morgan fingerprint density at radius 2 is 1.83 bits per heavy atom. The number of anilines is 1. The molecule has 0 unspecified atom stereocenters. The number of carbonyl (C=O) groups excluding carboxylic acids is 2. The molecule has 1 aliphatic rings. The van der Waals surface area contributed by atoms with E-state index in [-0.39, 0.29) is 11.8 Å². The fourth-order valence-corrected chi connectivity index (χ4v) is 5.77. The number of pyridine rings is 1. The lowest BCUT2D eigenvalue weighted by Gasteiger charge is -2.27. The van der Waals surface area contributed by atoms with Gasteiger partial charge < -0.3 is 29.2 Å². The van der Waals surface area contributed by atoms with Crippen LogP contribution in [0.5, 0.6) is 11.5 Å². The van der Waals surface area contributed by atoms with Crippen molar-refractivity contribution in [3.63, 3.8) is 0 Å². The molecule has 41 heavy (non-hydrogen) atoms. The molecule has 2 aromatic carbocycles. The number of aryl methyl sites for hydroxylation is 2. The third-order valence-electron chi connectivity index (χ3n) is 8.08. The maximum absolute atomic E-state index is 14.3. The van der Waals surface area contributed by atoms with Gasteiger partial charge in [0.25, 0.3) is 5.91 Å². The number of ether oxygens (including phenoxy) is 2. The molecule has 5 rings (SSSR count). The number of hydrogen-bond donors (Lipinski definition) is 1. The van der Waals surface area contributed by atoms with Crippen LogP contribution in [-0.4, -0.2) is 79.5 Å². The topological polar surface area (TPSA) is 91.0 Å². The van der Waals surface area contributed by atoms with Gasteiger partial charge in [0, 0.05) is 68.7 Å². The average Bonchev–Trinajstić information content (AvgIpc) is 3.51. The molecule has 4 aromatic rings. The molecule has 2 aromatic heterocycles. The number of likely N-dealkylation sites (tertiary alicyclic amines) is 1. The van der Waals surface area contributed by atoms with Gasteiger partial charge in [-0.25, -0.2) is 4.98 Å². The first-order valence-electron chi connectivity index (χ1n) is 14.1. The molecule has 9 nitrogen and oxygen atoms in total. The van der Waals surface area contributed by atoms with Crippen molar-refractivity contribution in [1.29, 1.82) is 0 Å². The summed E-state index contributed by atoms with van der Waals surface area (Å²) < 4.78 is 11.3. The predicted molar refractivity (Wildman–Crippen MR) is 162 cm³/mol. The van der Waals surface area contributed by atoms with Crippen LogP contribution in [0.4, 0.5) is 5.82 Å². The second kappa shape index (κ2) is 11.7. The van der Waals surface area contributed by atoms with Gasteiger partial charge in [0.2, 0.25) is 5.91 Å². The van der Waals surface area contributed by atoms with E-state index in [0.29, 0.717) is 55.1 Å². The minimum absolute atomic E-state index is 0.0630. The standard InChI is InChI=1S/C32H39N5O4/c1-20-21(2)33-29-23(20)10-7-11-24(29)32(39)37(17-9-16-36-15-8-12-28(36)38)19-22-18-25-26(40-5)13-14-27(41-6)30(25)34-31(22)35(3)4/h7,10-11,13-14,18,33H,8-9,12,15-17,19H2,1-6H3. The number of carbonyl (C=O) groups is 2. The van der Waals surface area contributed by atoms with Crippen molar-refractivity contribution in [3.8, 4) is 11.5 Å². The zero-order valence-electron chi connectivity index (χ0n) is 24.8. The van der Waals surface area contributed by atoms with E-state index in [9.17, 15) is 9.59 Å². The Hall–Kier alpha value is -4.27. The maximum atomic E-state index is 14.3. The summed E-state index contributed by atoms with van der Waals surface area (Å²) in [7, 11) is 7.15. The van der Waals surface area contributed by atoms with E-state index < -0.39 is 0 Å². The average molecular weight is 558 g/mol. The van der Waals surface area contributed by atoms with Gasteiger partial charge in [-0.1, -0.05) is 12.1 Å². The number of rotatable bonds is 10. The largest absolute Gasteiger partial charge is 0.496 e. The van der Waals surface area contributed by atoms with Crippen LogP contribution in [0.3, 0.4) is 0 Å². The first kappa shape index (κ1) is 28.3. The van der Waals surface area contributed by atoms with Crippen LogP contribution in [0.2, 0.25) is 0 Å². The highest BCUT2D eigenvalue weighted by atomic mass is 16.5. The van der Waals surface area contributed by atoms with Crippen molar-refractivity contribution < 1.29 is 19.1 Å². The van der Waals surface area contributed by atoms with E-state index in [0.717, 1.165) is 51.9 Å². The predicted octanol–water partition coefficient (Wildman–Crippen LogP) is 5.07. The fraction of sp³-hybridized carbons (Fsp3) is 0.406. The first-order chi connectivity index (χ1) is 19.7. The summed E-state index contributed by atoms with van der Waals surface area (Å²) in [6.45, 7) is 6.36. The second-order valence-electron chi connectivity index (χ2n) is 10.9. The number of hydrogen-bond acceptors (Lipinski definition) is 6. The zero-order chi connectivity index (χ0) is 29.3. The van der Waals surface area contributed by atoms with Gasteiger partial charge in [-0.15, -0.1) is 0 Å². The van der Waals surface area contributed by atoms with E-state index in [4.69, 9.17) is 14.5 Å². The first-order valence-corrected chi connectivity index (χ1v) is 14.1. The summed E-state index contributed by atoms with van der Waals surface area (Å²) in [6.07, 6.45) is 2.19. The van der Waals surface area contributed by atoms with Gasteiger partial charge in [-0.05, 0) is 56.5 Å². The summed E-state index contributed by atoms with van der Waals surface area (Å²) >= 11 is 0. The summed E-state index contributed by atoms with van der Waals surface area (Å²) in [5.74, 6) is 2.23. The van der Waals surface area contributed by atoms with E-state index in [1.807, 2.05) is 72.1 Å². The molecule has 2 amide bonds. The van der Waals surface area contributed by atoms with Crippen LogP contribution in [0.15, 0.2) is 36.4 Å². The van der Waals surface area contributed by atoms with Gasteiger partial charge in [0.1, 0.15) is 22.8 Å². The molecule has 1 saturated heterocycles. The molecule has 3 heterocycles. The molecule has 9 heteroatoms. The SMILES string of the molecule is COc1ccc(OC)c2nc(N(C)C)c(CN(CCCN3CCCC3=O)C(=O)c3cccc4c(C)c(C)[nH]c34)cc12. The number of para-hydroxylation sites is 1. The highest BCUT2D eigenvalue weighted by Gasteiger charge is 2.25. The normalized spacial score (nSPS) is 13.3. The number of nitrogens with one attached hydrogen (secondary N) is 1. The Kier molecular flexibility index (Phi) is 8.06. The van der Waals surface area contributed by atoms with Crippen LogP contribution in [-0.2, 0) is 11.3 Å². The van der Waals surface area contributed by atoms with Gasteiger partial charge >= 0.3 is 0 Å². The third kappa shape index (κ3) is 5.40. The second-order valence-corrected chi connectivity index (χ2v) is 10.9. The summed E-state index contributed by atoms with van der Waals surface area (Å²) in [5, 5.41) is 1.87. The van der Waals surface area contributed by atoms with E-state index in [1.165, 1.54) is 0 Å². The molecule has 1 N–H and O–H groups in total. The van der Waals surface area contributed by atoms with Crippen LogP contribution in [0, 0.1) is 13.8 Å². The Balaban J connectivity index is 1.56. The smallest absolute Gasteiger partial charge is 0.256 e. The van der Waals surface area contributed by atoms with Crippen LogP contribution in [0.25, 0.3) is 21.8 Å². The van der Waals surface area contributed by atoms with E-state index in [2.05, 4.69) is 11.9 Å². The lowest BCUT2D eigenvalue weighted by Crippen LogP contribution is -2.35. The van der Waals surface area contributed by atoms with Crippen molar-refractivity contribution in [2.75, 3.05) is 52.8 Å². The molecular weight excluding hydrogens is 518 g/mol. The highest BCUT2D eigenvalue weighted by molar-refractivity contribution is 6.06. The van der Waals surface area contributed by atoms with Crippen molar-refractivity contribution in [2.45, 2.75) is 39.7 Å². The minimum Gasteiger partial charge on any atom is -0.496 e.